The van der Waals surface area contributed by atoms with Crippen molar-refractivity contribution < 1.29 is 0 Å². The quantitative estimate of drug-likeness (QED) is 0.167. The second-order valence-corrected chi connectivity index (χ2v) is 22.8. The van der Waals surface area contributed by atoms with E-state index in [4.69, 9.17) is 0 Å². The van der Waals surface area contributed by atoms with Crippen molar-refractivity contribution in [3.8, 4) is 44.5 Å². The molecule has 14 rings (SSSR count). The molecule has 0 saturated heterocycles. The van der Waals surface area contributed by atoms with Crippen molar-refractivity contribution in [1.82, 2.24) is 0 Å². The molecule has 0 radical (unpaired) electrons. The van der Waals surface area contributed by atoms with E-state index in [0.717, 1.165) is 23.7 Å². The molecule has 7 aliphatic carbocycles. The molecule has 0 heterocycles. The van der Waals surface area contributed by atoms with Crippen molar-refractivity contribution in [2.45, 2.75) is 108 Å². The van der Waals surface area contributed by atoms with Crippen LogP contribution >= 0.6 is 0 Å². The Bertz CT molecular complexity index is 3020. The van der Waals surface area contributed by atoms with Crippen LogP contribution in [0, 0.1) is 23.7 Å². The SMILES string of the molecule is CC1(C)CCC(C)(C)c2c(-c3cccc(N(c4ccc(-c5ccc6c(c5)C5(c7ccccc7-6)C6CC7CC(C6)CC5C7)cc4)c4ccc5c(c4)C(C)(C)c4ccccc4-5)c3)cccc21. The Labute approximate surface area is 381 Å². The van der Waals surface area contributed by atoms with Crippen LogP contribution in [0.3, 0.4) is 0 Å². The molecule has 4 saturated carbocycles. The minimum atomic E-state index is -0.0946. The summed E-state index contributed by atoms with van der Waals surface area (Å²) < 4.78 is 0. The molecule has 0 amide bonds. The molecular formula is C63H61N. The van der Waals surface area contributed by atoms with Crippen molar-refractivity contribution in [2.24, 2.45) is 23.7 Å². The van der Waals surface area contributed by atoms with Crippen molar-refractivity contribution >= 4 is 17.1 Å². The van der Waals surface area contributed by atoms with Gasteiger partial charge in [0.05, 0.1) is 0 Å². The van der Waals surface area contributed by atoms with E-state index >= 15 is 0 Å². The summed E-state index contributed by atoms with van der Waals surface area (Å²) in [6.45, 7) is 14.6. The highest BCUT2D eigenvalue weighted by Crippen LogP contribution is 2.69. The van der Waals surface area contributed by atoms with E-state index in [9.17, 15) is 0 Å². The van der Waals surface area contributed by atoms with E-state index in [1.807, 2.05) is 0 Å². The molecule has 7 aromatic rings. The molecule has 1 spiro atoms. The summed E-state index contributed by atoms with van der Waals surface area (Å²) in [6, 6.07) is 59.2. The number of rotatable bonds is 5. The number of benzene rings is 7. The lowest BCUT2D eigenvalue weighted by molar-refractivity contribution is -0.0399. The Morgan fingerprint density at radius 2 is 0.922 bits per heavy atom. The van der Waals surface area contributed by atoms with Gasteiger partial charge in [-0.25, -0.2) is 0 Å². The molecule has 0 atom stereocenters. The Hall–Kier alpha value is -5.66. The Morgan fingerprint density at radius 1 is 0.375 bits per heavy atom. The Kier molecular flexibility index (Phi) is 8.15. The van der Waals surface area contributed by atoms with Gasteiger partial charge in [-0.2, -0.15) is 0 Å². The van der Waals surface area contributed by atoms with Gasteiger partial charge in [0, 0.05) is 27.9 Å². The molecule has 7 aliphatic rings. The normalized spacial score (nSPS) is 25.3. The van der Waals surface area contributed by atoms with E-state index in [1.165, 1.54) is 129 Å². The zero-order chi connectivity index (χ0) is 43.3. The molecule has 0 aliphatic heterocycles. The molecule has 4 fully saturated rings. The highest BCUT2D eigenvalue weighted by Gasteiger charge is 2.61. The predicted octanol–water partition coefficient (Wildman–Crippen LogP) is 16.9. The van der Waals surface area contributed by atoms with Gasteiger partial charge in [-0.05, 0) is 200 Å². The molecule has 0 unspecified atom stereocenters. The van der Waals surface area contributed by atoms with Crippen LogP contribution in [0.15, 0.2) is 152 Å². The average Bonchev–Trinajstić information content (AvgIpc) is 3.72. The van der Waals surface area contributed by atoms with Crippen LogP contribution in [0.2, 0.25) is 0 Å². The van der Waals surface area contributed by atoms with Crippen LogP contribution < -0.4 is 4.90 Å². The first-order valence-electron chi connectivity index (χ1n) is 24.6. The van der Waals surface area contributed by atoms with E-state index < -0.39 is 0 Å². The second kappa shape index (κ2) is 13.4. The second-order valence-electron chi connectivity index (χ2n) is 22.8. The van der Waals surface area contributed by atoms with E-state index in [1.54, 1.807) is 11.1 Å². The summed E-state index contributed by atoms with van der Waals surface area (Å²) in [4.78, 5) is 2.51. The molecule has 4 bridgehead atoms. The fraction of sp³-hybridized carbons (Fsp3) is 0.333. The molecule has 318 valence electrons. The van der Waals surface area contributed by atoms with E-state index in [2.05, 4.69) is 198 Å². The highest BCUT2D eigenvalue weighted by molar-refractivity contribution is 5.88. The molecular weight excluding hydrogens is 771 g/mol. The lowest BCUT2D eigenvalue weighted by Gasteiger charge is -2.61. The first-order valence-corrected chi connectivity index (χ1v) is 24.6. The van der Waals surface area contributed by atoms with Gasteiger partial charge in [0.15, 0.2) is 0 Å². The fourth-order valence-corrected chi connectivity index (χ4v) is 15.2. The van der Waals surface area contributed by atoms with Crippen LogP contribution in [0.5, 0.6) is 0 Å². The first kappa shape index (κ1) is 38.8. The van der Waals surface area contributed by atoms with Crippen molar-refractivity contribution in [3.05, 3.63) is 185 Å². The largest absolute Gasteiger partial charge is 0.310 e. The number of hydrogen-bond donors (Lipinski definition) is 0. The van der Waals surface area contributed by atoms with Gasteiger partial charge in [0.2, 0.25) is 0 Å². The zero-order valence-electron chi connectivity index (χ0n) is 38.6. The Balaban J connectivity index is 0.934. The minimum Gasteiger partial charge on any atom is -0.310 e. The predicted molar refractivity (Wildman–Crippen MR) is 268 cm³/mol. The van der Waals surface area contributed by atoms with Crippen molar-refractivity contribution in [2.75, 3.05) is 4.90 Å². The number of fused-ring (bicyclic) bond motifs is 7. The summed E-state index contributed by atoms with van der Waals surface area (Å²) in [5.74, 6) is 3.40. The van der Waals surface area contributed by atoms with Gasteiger partial charge in [0.25, 0.3) is 0 Å². The number of hydrogen-bond acceptors (Lipinski definition) is 1. The summed E-state index contributed by atoms with van der Waals surface area (Å²) in [5, 5.41) is 0. The smallest absolute Gasteiger partial charge is 0.0467 e. The van der Waals surface area contributed by atoms with E-state index in [0.29, 0.717) is 0 Å². The van der Waals surface area contributed by atoms with Crippen LogP contribution in [0.1, 0.15) is 120 Å². The van der Waals surface area contributed by atoms with Crippen molar-refractivity contribution in [1.29, 1.82) is 0 Å². The lowest BCUT2D eigenvalue weighted by Crippen LogP contribution is -2.55. The van der Waals surface area contributed by atoms with Gasteiger partial charge in [-0.1, -0.05) is 151 Å². The van der Waals surface area contributed by atoms with Crippen molar-refractivity contribution in [3.63, 3.8) is 0 Å². The average molecular weight is 832 g/mol. The van der Waals surface area contributed by atoms with Crippen LogP contribution in [0.4, 0.5) is 17.1 Å². The monoisotopic (exact) mass is 831 g/mol. The van der Waals surface area contributed by atoms with Gasteiger partial charge >= 0.3 is 0 Å². The third kappa shape index (κ3) is 5.36. The molecule has 64 heavy (non-hydrogen) atoms. The summed E-state index contributed by atoms with van der Waals surface area (Å²) in [6.07, 6.45) is 9.51. The molecule has 1 nitrogen and oxygen atoms in total. The molecule has 0 aromatic heterocycles. The van der Waals surface area contributed by atoms with Crippen LogP contribution in [-0.4, -0.2) is 0 Å². The Morgan fingerprint density at radius 3 is 1.67 bits per heavy atom. The first-order chi connectivity index (χ1) is 30.9. The maximum atomic E-state index is 2.64. The molecule has 0 N–H and O–H groups in total. The summed E-state index contributed by atoms with van der Waals surface area (Å²) in [5.41, 5.74) is 23.9. The van der Waals surface area contributed by atoms with Crippen LogP contribution in [-0.2, 0) is 21.7 Å². The zero-order valence-corrected chi connectivity index (χ0v) is 38.6. The topological polar surface area (TPSA) is 3.24 Å². The van der Waals surface area contributed by atoms with Crippen LogP contribution in [0.25, 0.3) is 44.5 Å². The summed E-state index contributed by atoms with van der Waals surface area (Å²) >= 11 is 0. The minimum absolute atomic E-state index is 0.0946. The number of nitrogens with zero attached hydrogens (tertiary/aromatic N) is 1. The van der Waals surface area contributed by atoms with Gasteiger partial charge in [-0.15, -0.1) is 0 Å². The van der Waals surface area contributed by atoms with E-state index in [-0.39, 0.29) is 21.7 Å². The molecule has 1 heteroatoms. The van der Waals surface area contributed by atoms with Gasteiger partial charge < -0.3 is 4.90 Å². The standard InChI is InChI=1S/C63H61N/c1-60(2)29-30-61(3,4)59-49(17-12-20-56(59)60)43-13-11-14-47(36-43)64(48-26-28-52-50-15-7-9-18-54(50)62(5,6)57(52)38-48)46-24-21-41(22-25-46)42-23-27-53-51-16-8-10-19-55(51)63(58(53)37-42)44-32-39-31-40(34-44)35-45(63)33-39/h7-28,36-40,44-45H,29-35H2,1-6H3. The fourth-order valence-electron chi connectivity index (χ4n) is 15.2. The number of anilines is 3. The maximum absolute atomic E-state index is 2.64. The molecule has 7 aromatic carbocycles. The van der Waals surface area contributed by atoms with Gasteiger partial charge in [-0.3, -0.25) is 0 Å². The lowest BCUT2D eigenvalue weighted by atomic mass is 9.43. The summed E-state index contributed by atoms with van der Waals surface area (Å²) in [7, 11) is 0. The third-order valence-corrected chi connectivity index (χ3v) is 18.1. The maximum Gasteiger partial charge on any atom is 0.0467 e. The highest BCUT2D eigenvalue weighted by atomic mass is 15.1. The third-order valence-electron chi connectivity index (χ3n) is 18.1. The van der Waals surface area contributed by atoms with Gasteiger partial charge in [0.1, 0.15) is 0 Å².